The summed E-state index contributed by atoms with van der Waals surface area (Å²) >= 11 is 2.06. The molecule has 90 valence electrons. The van der Waals surface area contributed by atoms with Gasteiger partial charge < -0.3 is 4.90 Å². The third-order valence-electron chi connectivity index (χ3n) is 4.21. The highest BCUT2D eigenvalue weighted by Crippen LogP contribution is 2.43. The first-order valence-electron chi connectivity index (χ1n) is 6.43. The number of hydrogen-bond acceptors (Lipinski definition) is 3. The van der Waals surface area contributed by atoms with Crippen LogP contribution in [0.2, 0.25) is 0 Å². The van der Waals surface area contributed by atoms with Crippen molar-refractivity contribution in [3.05, 3.63) is 0 Å². The summed E-state index contributed by atoms with van der Waals surface area (Å²) in [7, 11) is 0. The monoisotopic (exact) mass is 240 g/mol. The average molecular weight is 240 g/mol. The molecule has 3 fully saturated rings. The third kappa shape index (κ3) is 1.66. The van der Waals surface area contributed by atoms with Crippen molar-refractivity contribution in [3.63, 3.8) is 0 Å². The van der Waals surface area contributed by atoms with Crippen molar-refractivity contribution >= 4 is 17.7 Å². The van der Waals surface area contributed by atoms with Gasteiger partial charge >= 0.3 is 0 Å². The Morgan fingerprint density at radius 2 is 2.31 bits per heavy atom. The molecule has 1 amide bonds. The molecule has 2 atom stereocenters. The lowest BCUT2D eigenvalue weighted by molar-refractivity contribution is -0.131. The SMILES string of the molecule is CCSC1CCC(N2CNC3(CC3)C2=O)C1. The lowest BCUT2D eigenvalue weighted by atomic mass is 10.2. The summed E-state index contributed by atoms with van der Waals surface area (Å²) in [4.78, 5) is 14.3. The van der Waals surface area contributed by atoms with E-state index >= 15 is 0 Å². The molecule has 16 heavy (non-hydrogen) atoms. The molecule has 3 nitrogen and oxygen atoms in total. The van der Waals surface area contributed by atoms with Crippen LogP contribution in [0.1, 0.15) is 39.0 Å². The molecule has 0 radical (unpaired) electrons. The zero-order valence-electron chi connectivity index (χ0n) is 9.87. The van der Waals surface area contributed by atoms with E-state index in [0.29, 0.717) is 11.9 Å². The first-order chi connectivity index (χ1) is 7.75. The van der Waals surface area contributed by atoms with Gasteiger partial charge in [-0.05, 0) is 37.9 Å². The molecule has 3 aliphatic rings. The number of amides is 1. The van der Waals surface area contributed by atoms with Gasteiger partial charge in [-0.1, -0.05) is 6.92 Å². The summed E-state index contributed by atoms with van der Waals surface area (Å²) in [5, 5.41) is 4.19. The highest BCUT2D eigenvalue weighted by molar-refractivity contribution is 7.99. The molecule has 1 heterocycles. The Labute approximate surface area is 101 Å². The van der Waals surface area contributed by atoms with Gasteiger partial charge in [0, 0.05) is 11.3 Å². The Hall–Kier alpha value is -0.220. The van der Waals surface area contributed by atoms with Gasteiger partial charge in [0.2, 0.25) is 5.91 Å². The van der Waals surface area contributed by atoms with E-state index in [-0.39, 0.29) is 5.54 Å². The van der Waals surface area contributed by atoms with Crippen LogP contribution < -0.4 is 5.32 Å². The van der Waals surface area contributed by atoms with Gasteiger partial charge in [0.25, 0.3) is 0 Å². The first-order valence-corrected chi connectivity index (χ1v) is 7.48. The van der Waals surface area contributed by atoms with Gasteiger partial charge in [-0.25, -0.2) is 0 Å². The normalized spacial score (nSPS) is 36.3. The quantitative estimate of drug-likeness (QED) is 0.813. The number of carbonyl (C=O) groups excluding carboxylic acids is 1. The van der Waals surface area contributed by atoms with Crippen molar-refractivity contribution in [3.8, 4) is 0 Å². The fourth-order valence-electron chi connectivity index (χ4n) is 3.06. The number of rotatable bonds is 3. The largest absolute Gasteiger partial charge is 0.325 e. The van der Waals surface area contributed by atoms with E-state index in [4.69, 9.17) is 0 Å². The molecule has 3 rings (SSSR count). The molecule has 4 heteroatoms. The maximum Gasteiger partial charge on any atom is 0.244 e. The summed E-state index contributed by atoms with van der Waals surface area (Å²) in [6, 6.07) is 0.518. The average Bonchev–Trinajstić information content (AvgIpc) is 2.81. The Balaban J connectivity index is 1.61. The molecule has 1 spiro atoms. The standard InChI is InChI=1S/C12H20N2OS/c1-2-16-10-4-3-9(7-10)14-8-13-12(5-6-12)11(14)15/h9-10,13H,2-8H2,1H3. The Morgan fingerprint density at radius 3 is 2.94 bits per heavy atom. The molecule has 0 aromatic carbocycles. The smallest absolute Gasteiger partial charge is 0.244 e. The second-order valence-electron chi connectivity index (χ2n) is 5.24. The van der Waals surface area contributed by atoms with Crippen molar-refractivity contribution in [2.24, 2.45) is 0 Å². The molecule has 2 saturated carbocycles. The van der Waals surface area contributed by atoms with E-state index in [1.807, 2.05) is 0 Å². The molecule has 1 saturated heterocycles. The van der Waals surface area contributed by atoms with Gasteiger partial charge in [0.15, 0.2) is 0 Å². The zero-order chi connectivity index (χ0) is 11.2. The van der Waals surface area contributed by atoms with Crippen molar-refractivity contribution in [1.29, 1.82) is 0 Å². The fourth-order valence-corrected chi connectivity index (χ4v) is 4.19. The van der Waals surface area contributed by atoms with Gasteiger partial charge in [0.1, 0.15) is 0 Å². The summed E-state index contributed by atoms with van der Waals surface area (Å²) in [5.74, 6) is 1.59. The zero-order valence-corrected chi connectivity index (χ0v) is 10.7. The predicted molar refractivity (Wildman–Crippen MR) is 66.4 cm³/mol. The van der Waals surface area contributed by atoms with Crippen LogP contribution in [-0.2, 0) is 4.79 Å². The second kappa shape index (κ2) is 3.91. The van der Waals surface area contributed by atoms with Crippen LogP contribution in [0, 0.1) is 0 Å². The van der Waals surface area contributed by atoms with Crippen LogP contribution in [0.15, 0.2) is 0 Å². The fraction of sp³-hybridized carbons (Fsp3) is 0.917. The highest BCUT2D eigenvalue weighted by atomic mass is 32.2. The predicted octanol–water partition coefficient (Wildman–Crippen LogP) is 1.58. The molecular formula is C12H20N2OS. The lowest BCUT2D eigenvalue weighted by Gasteiger charge is -2.23. The van der Waals surface area contributed by atoms with Gasteiger partial charge in [-0.2, -0.15) is 11.8 Å². The van der Waals surface area contributed by atoms with Crippen molar-refractivity contribution in [2.45, 2.75) is 55.9 Å². The third-order valence-corrected chi connectivity index (χ3v) is 5.44. The van der Waals surface area contributed by atoms with Crippen LogP contribution in [0.4, 0.5) is 0 Å². The van der Waals surface area contributed by atoms with E-state index in [1.165, 1.54) is 25.0 Å². The van der Waals surface area contributed by atoms with Crippen molar-refractivity contribution < 1.29 is 4.79 Å². The Morgan fingerprint density at radius 1 is 1.50 bits per heavy atom. The van der Waals surface area contributed by atoms with Gasteiger partial charge in [0.05, 0.1) is 12.2 Å². The number of thioether (sulfide) groups is 1. The van der Waals surface area contributed by atoms with Crippen LogP contribution in [0.25, 0.3) is 0 Å². The van der Waals surface area contributed by atoms with Crippen LogP contribution >= 0.6 is 11.8 Å². The molecule has 0 aromatic heterocycles. The summed E-state index contributed by atoms with van der Waals surface area (Å²) in [6.45, 7) is 3.02. The first kappa shape index (κ1) is 10.9. The van der Waals surface area contributed by atoms with E-state index < -0.39 is 0 Å². The molecular weight excluding hydrogens is 220 g/mol. The van der Waals surface area contributed by atoms with E-state index in [9.17, 15) is 4.79 Å². The summed E-state index contributed by atoms with van der Waals surface area (Å²) < 4.78 is 0. The topological polar surface area (TPSA) is 32.3 Å². The molecule has 2 unspecified atom stereocenters. The lowest BCUT2D eigenvalue weighted by Crippen LogP contribution is -2.38. The second-order valence-corrected chi connectivity index (χ2v) is 6.81. The van der Waals surface area contributed by atoms with Gasteiger partial charge in [-0.15, -0.1) is 0 Å². The van der Waals surface area contributed by atoms with Gasteiger partial charge in [-0.3, -0.25) is 10.1 Å². The molecule has 0 aromatic rings. The van der Waals surface area contributed by atoms with Crippen LogP contribution in [0.5, 0.6) is 0 Å². The minimum atomic E-state index is -0.101. The minimum absolute atomic E-state index is 0.101. The van der Waals surface area contributed by atoms with E-state index in [0.717, 1.165) is 24.8 Å². The number of hydrogen-bond donors (Lipinski definition) is 1. The number of nitrogens with one attached hydrogen (secondary N) is 1. The molecule has 0 bridgehead atoms. The summed E-state index contributed by atoms with van der Waals surface area (Å²) in [5.41, 5.74) is -0.101. The maximum atomic E-state index is 12.2. The maximum absolute atomic E-state index is 12.2. The molecule has 1 aliphatic heterocycles. The van der Waals surface area contributed by atoms with Crippen molar-refractivity contribution in [2.75, 3.05) is 12.4 Å². The minimum Gasteiger partial charge on any atom is -0.325 e. The molecule has 2 aliphatic carbocycles. The summed E-state index contributed by atoms with van der Waals surface area (Å²) in [6.07, 6.45) is 5.83. The van der Waals surface area contributed by atoms with Crippen molar-refractivity contribution in [1.82, 2.24) is 10.2 Å². The Bertz CT molecular complexity index is 303. The number of carbonyl (C=O) groups is 1. The van der Waals surface area contributed by atoms with Crippen LogP contribution in [0.3, 0.4) is 0 Å². The van der Waals surface area contributed by atoms with Crippen LogP contribution in [-0.4, -0.2) is 40.1 Å². The molecule has 1 N–H and O–H groups in total. The number of nitrogens with zero attached hydrogens (tertiary/aromatic N) is 1. The highest BCUT2D eigenvalue weighted by Gasteiger charge is 2.57. The van der Waals surface area contributed by atoms with E-state index in [1.54, 1.807) is 0 Å². The Kier molecular flexibility index (Phi) is 2.67. The van der Waals surface area contributed by atoms with E-state index in [2.05, 4.69) is 28.9 Å².